The summed E-state index contributed by atoms with van der Waals surface area (Å²) < 4.78 is 53.6. The van der Waals surface area contributed by atoms with Crippen molar-refractivity contribution in [2.24, 2.45) is 5.92 Å². The highest BCUT2D eigenvalue weighted by atomic mass is 35.7. The summed E-state index contributed by atoms with van der Waals surface area (Å²) in [4.78, 5) is 0. The summed E-state index contributed by atoms with van der Waals surface area (Å²) >= 11 is 0. The Kier molecular flexibility index (Phi) is 7.99. The number of hydrogen-bond acceptors (Lipinski definition) is 7. The van der Waals surface area contributed by atoms with Gasteiger partial charge >= 0.3 is 0 Å². The fourth-order valence-corrected chi connectivity index (χ4v) is 3.93. The molecule has 1 aliphatic heterocycles. The molecule has 0 saturated carbocycles. The van der Waals surface area contributed by atoms with Crippen LogP contribution in [0.15, 0.2) is 46.9 Å². The van der Waals surface area contributed by atoms with E-state index in [1.165, 1.54) is 29.1 Å². The summed E-state index contributed by atoms with van der Waals surface area (Å²) in [6.07, 6.45) is 2.45. The van der Waals surface area contributed by atoms with Crippen LogP contribution in [0.5, 0.6) is 11.5 Å². The zero-order valence-electron chi connectivity index (χ0n) is 19.1. The van der Waals surface area contributed by atoms with Crippen molar-refractivity contribution < 1.29 is 42.8 Å². The topological polar surface area (TPSA) is 127 Å². The number of methoxy groups -OCH3 is 2. The van der Waals surface area contributed by atoms with Crippen molar-refractivity contribution in [2.75, 3.05) is 27.3 Å². The van der Waals surface area contributed by atoms with Gasteiger partial charge in [-0.05, 0) is 43.2 Å². The van der Waals surface area contributed by atoms with Gasteiger partial charge in [-0.3, -0.25) is 0 Å². The van der Waals surface area contributed by atoms with Crippen LogP contribution in [0.2, 0.25) is 0 Å². The van der Waals surface area contributed by atoms with E-state index in [9.17, 15) is 0 Å². The van der Waals surface area contributed by atoms with Gasteiger partial charge < -0.3 is 13.9 Å². The Labute approximate surface area is 194 Å². The third kappa shape index (κ3) is 6.69. The van der Waals surface area contributed by atoms with Crippen LogP contribution in [0.25, 0.3) is 22.3 Å². The maximum Gasteiger partial charge on any atom is 0.214 e. The van der Waals surface area contributed by atoms with Crippen molar-refractivity contribution in [1.29, 1.82) is 0 Å². The minimum atomic E-state index is -4.94. The number of halogens is 1. The third-order valence-corrected chi connectivity index (χ3v) is 5.69. The van der Waals surface area contributed by atoms with Crippen molar-refractivity contribution in [3.63, 3.8) is 0 Å². The fourth-order valence-electron chi connectivity index (χ4n) is 3.93. The number of benzene rings is 2. The number of hydrogen-bond donors (Lipinski definition) is 0. The first-order chi connectivity index (χ1) is 15.6. The Morgan fingerprint density at radius 1 is 0.909 bits per heavy atom. The number of piperidine rings is 1. The van der Waals surface area contributed by atoms with Crippen LogP contribution in [0.4, 0.5) is 0 Å². The van der Waals surface area contributed by atoms with Crippen LogP contribution in [0.3, 0.4) is 0 Å². The molecule has 0 radical (unpaired) electrons. The van der Waals surface area contributed by atoms with E-state index >= 15 is 0 Å². The first-order valence-corrected chi connectivity index (χ1v) is 11.8. The molecule has 3 aromatic rings. The Morgan fingerprint density at radius 2 is 1.55 bits per heavy atom. The number of rotatable bonds is 3. The van der Waals surface area contributed by atoms with Gasteiger partial charge in [-0.2, -0.15) is 0 Å². The van der Waals surface area contributed by atoms with Gasteiger partial charge in [0, 0.05) is 18.4 Å². The van der Waals surface area contributed by atoms with Crippen LogP contribution in [0, 0.1) is 23.1 Å². The number of ether oxygens (including phenoxy) is 2. The van der Waals surface area contributed by atoms with Gasteiger partial charge in [0.2, 0.25) is 5.36 Å². The SMILES string of the molecule is COc1ccc(-c2cc(=[N+]3CCC(C)CC3)c3cc(C)ccc3o2)cc1OC.[O-][Cl+3]([O-])([O-])[O-]. The molecule has 2 heterocycles. The highest BCUT2D eigenvalue weighted by molar-refractivity contribution is 5.79. The van der Waals surface area contributed by atoms with Gasteiger partial charge in [-0.25, -0.2) is 23.2 Å². The molecule has 33 heavy (non-hydrogen) atoms. The van der Waals surface area contributed by atoms with Crippen LogP contribution in [0.1, 0.15) is 25.3 Å². The average molecular weight is 478 g/mol. The van der Waals surface area contributed by atoms with E-state index in [2.05, 4.69) is 42.7 Å². The van der Waals surface area contributed by atoms with Crippen LogP contribution in [-0.2, 0) is 0 Å². The average Bonchev–Trinajstić information content (AvgIpc) is 2.77. The summed E-state index contributed by atoms with van der Waals surface area (Å²) in [6, 6.07) is 14.5. The second kappa shape index (κ2) is 10.5. The molecule has 2 aromatic carbocycles. The zero-order chi connectivity index (χ0) is 24.2. The molecule has 1 aliphatic rings. The minimum Gasteiger partial charge on any atom is -0.493 e. The highest BCUT2D eigenvalue weighted by Crippen LogP contribution is 2.32. The predicted molar refractivity (Wildman–Crippen MR) is 113 cm³/mol. The lowest BCUT2D eigenvalue weighted by Crippen LogP contribution is -2.68. The molecule has 0 atom stereocenters. The summed E-state index contributed by atoms with van der Waals surface area (Å²) in [6.45, 7) is 6.64. The molecular formula is C24H28ClNO7. The summed E-state index contributed by atoms with van der Waals surface area (Å²) in [7, 11) is -1.64. The van der Waals surface area contributed by atoms with E-state index < -0.39 is 10.2 Å². The lowest BCUT2D eigenvalue weighted by molar-refractivity contribution is -2.00. The molecule has 0 aliphatic carbocycles. The van der Waals surface area contributed by atoms with Crippen molar-refractivity contribution in [1.82, 2.24) is 4.58 Å². The number of nitrogens with zero attached hydrogens (tertiary/aromatic N) is 1. The molecule has 4 rings (SSSR count). The van der Waals surface area contributed by atoms with Crippen LogP contribution in [-0.4, -0.2) is 27.3 Å². The second-order valence-electron chi connectivity index (χ2n) is 8.11. The van der Waals surface area contributed by atoms with Crippen molar-refractivity contribution in [3.05, 3.63) is 53.4 Å². The molecule has 0 bridgehead atoms. The van der Waals surface area contributed by atoms with Crippen LogP contribution < -0.4 is 38.0 Å². The second-order valence-corrected chi connectivity index (χ2v) is 8.87. The lowest BCUT2D eigenvalue weighted by Gasteiger charge is -2.17. The van der Waals surface area contributed by atoms with E-state index in [0.717, 1.165) is 35.9 Å². The molecule has 0 spiro atoms. The van der Waals surface area contributed by atoms with Gasteiger partial charge in [0.25, 0.3) is 0 Å². The summed E-state index contributed by atoms with van der Waals surface area (Å²) in [5.41, 5.74) is 3.13. The Hall–Kier alpha value is -2.62. The van der Waals surface area contributed by atoms with Crippen molar-refractivity contribution >= 4 is 11.0 Å². The highest BCUT2D eigenvalue weighted by Gasteiger charge is 2.20. The van der Waals surface area contributed by atoms with E-state index in [1.807, 2.05) is 18.2 Å². The first-order valence-electron chi connectivity index (χ1n) is 10.6. The molecule has 1 saturated heterocycles. The molecule has 178 valence electrons. The van der Waals surface area contributed by atoms with Gasteiger partial charge in [-0.15, -0.1) is 10.2 Å². The third-order valence-electron chi connectivity index (χ3n) is 5.69. The molecule has 9 heteroatoms. The largest absolute Gasteiger partial charge is 0.493 e. The molecule has 0 amide bonds. The minimum absolute atomic E-state index is 0.701. The van der Waals surface area contributed by atoms with Gasteiger partial charge in [-0.1, -0.05) is 18.6 Å². The maximum absolute atomic E-state index is 8.49. The zero-order valence-corrected chi connectivity index (χ0v) is 19.9. The van der Waals surface area contributed by atoms with Gasteiger partial charge in [0.15, 0.2) is 11.5 Å². The Balaban J connectivity index is 0.000000555. The number of fused-ring (bicyclic) bond motifs is 1. The lowest BCUT2D eigenvalue weighted by atomic mass is 10.00. The molecule has 0 N–H and O–H groups in total. The summed E-state index contributed by atoms with van der Waals surface area (Å²) in [5, 5.41) is 2.43. The molecule has 1 fully saturated rings. The van der Waals surface area contributed by atoms with E-state index in [1.54, 1.807) is 14.2 Å². The standard InChI is InChI=1S/C24H28NO3.ClHO4/c1-16-9-11-25(12-10-16)20-15-23(28-21-7-5-17(2)13-19(20)21)18-6-8-22(26-3)24(14-18)27-4;2-1(3,4)5/h5-8,13-16H,9-12H2,1-4H3;(H,2,3,4,5)/q+1;/p-1. The van der Waals surface area contributed by atoms with Crippen molar-refractivity contribution in [2.45, 2.75) is 26.7 Å². The van der Waals surface area contributed by atoms with E-state index in [-0.39, 0.29) is 0 Å². The molecule has 8 nitrogen and oxygen atoms in total. The Bertz CT molecular complexity index is 1170. The van der Waals surface area contributed by atoms with Crippen molar-refractivity contribution in [3.8, 4) is 22.8 Å². The first kappa shape index (κ1) is 25.0. The fraction of sp³-hybridized carbons (Fsp3) is 0.375. The van der Waals surface area contributed by atoms with E-state index in [4.69, 9.17) is 32.5 Å². The van der Waals surface area contributed by atoms with E-state index in [0.29, 0.717) is 11.5 Å². The van der Waals surface area contributed by atoms with Gasteiger partial charge in [0.05, 0.1) is 25.7 Å². The molecule has 0 unspecified atom stereocenters. The quantitative estimate of drug-likeness (QED) is 0.481. The van der Waals surface area contributed by atoms with Crippen LogP contribution >= 0.6 is 0 Å². The maximum atomic E-state index is 8.49. The molecular weight excluding hydrogens is 450 g/mol. The summed E-state index contributed by atoms with van der Waals surface area (Å²) in [5.74, 6) is 3.05. The molecule has 1 aromatic heterocycles. The Morgan fingerprint density at radius 3 is 2.15 bits per heavy atom. The predicted octanol–water partition coefficient (Wildman–Crippen LogP) is -0.128. The van der Waals surface area contributed by atoms with Gasteiger partial charge in [0.1, 0.15) is 24.4 Å². The smallest absolute Gasteiger partial charge is 0.214 e. The monoisotopic (exact) mass is 477 g/mol. The normalized spacial score (nSPS) is 16.2. The number of aryl methyl sites for hydroxylation is 1.